The zero-order chi connectivity index (χ0) is 37.7. The van der Waals surface area contributed by atoms with E-state index in [9.17, 15) is 0 Å². The second kappa shape index (κ2) is 14.0. The van der Waals surface area contributed by atoms with E-state index in [1.165, 1.54) is 65.1 Å². The van der Waals surface area contributed by atoms with Crippen LogP contribution in [0.4, 0.5) is 17.1 Å². The molecule has 1 aliphatic carbocycles. The second-order valence-corrected chi connectivity index (χ2v) is 15.5. The van der Waals surface area contributed by atoms with Crippen molar-refractivity contribution in [3.63, 3.8) is 0 Å². The lowest BCUT2D eigenvalue weighted by molar-refractivity contribution is 0.443. The summed E-state index contributed by atoms with van der Waals surface area (Å²) >= 11 is 0. The smallest absolute Gasteiger partial charge is 0.137 e. The molecule has 1 aliphatic rings. The van der Waals surface area contributed by atoms with E-state index in [-0.39, 0.29) is 0 Å². The number of hydrogen-bond donors (Lipinski definition) is 0. The molecule has 57 heavy (non-hydrogen) atoms. The van der Waals surface area contributed by atoms with Crippen LogP contribution in [0, 0.1) is 0 Å². The van der Waals surface area contributed by atoms with Crippen molar-refractivity contribution in [3.8, 4) is 27.9 Å². The Morgan fingerprint density at radius 2 is 1.07 bits per heavy atom. The van der Waals surface area contributed by atoms with Crippen molar-refractivity contribution in [2.45, 2.75) is 38.0 Å². The molecule has 7 aromatic carbocycles. The average Bonchev–Trinajstić information content (AvgIpc) is 3.83. The van der Waals surface area contributed by atoms with Crippen LogP contribution in [0.15, 0.2) is 187 Å². The molecule has 3 heterocycles. The lowest BCUT2D eigenvalue weighted by Gasteiger charge is -2.26. The number of benzene rings is 7. The molecule has 0 unspecified atom stereocenters. The van der Waals surface area contributed by atoms with E-state index in [4.69, 9.17) is 4.42 Å². The molecule has 0 saturated heterocycles. The van der Waals surface area contributed by atoms with Crippen molar-refractivity contribution in [1.82, 2.24) is 9.55 Å². The maximum atomic E-state index is 6.39. The van der Waals surface area contributed by atoms with Crippen molar-refractivity contribution >= 4 is 60.8 Å². The lowest BCUT2D eigenvalue weighted by atomic mass is 9.84. The fraction of sp³-hybridized carbons (Fsp3) is 0.113. The van der Waals surface area contributed by atoms with E-state index in [2.05, 4.69) is 166 Å². The summed E-state index contributed by atoms with van der Waals surface area (Å²) < 4.78 is 8.71. The summed E-state index contributed by atoms with van der Waals surface area (Å²) in [6.07, 6.45) is 10.5. The normalized spacial score (nSPS) is 13.5. The van der Waals surface area contributed by atoms with Crippen LogP contribution in [0.5, 0.6) is 0 Å². The summed E-state index contributed by atoms with van der Waals surface area (Å²) in [6, 6.07) is 61.6. The maximum absolute atomic E-state index is 6.39. The fourth-order valence-corrected chi connectivity index (χ4v) is 9.20. The number of rotatable bonds is 7. The minimum Gasteiger partial charge on any atom is -0.456 e. The number of furan rings is 1. The van der Waals surface area contributed by atoms with Gasteiger partial charge in [0.2, 0.25) is 0 Å². The van der Waals surface area contributed by atoms with Crippen LogP contribution >= 0.6 is 0 Å². The molecule has 4 nitrogen and oxygen atoms in total. The van der Waals surface area contributed by atoms with Crippen molar-refractivity contribution < 1.29 is 4.42 Å². The Morgan fingerprint density at radius 3 is 1.81 bits per heavy atom. The van der Waals surface area contributed by atoms with Gasteiger partial charge in [0.1, 0.15) is 11.2 Å². The first-order valence-corrected chi connectivity index (χ1v) is 20.2. The van der Waals surface area contributed by atoms with Gasteiger partial charge >= 0.3 is 0 Å². The Hall–Kier alpha value is -6.91. The third-order valence-corrected chi connectivity index (χ3v) is 12.1. The van der Waals surface area contributed by atoms with E-state index >= 15 is 0 Å². The van der Waals surface area contributed by atoms with Gasteiger partial charge in [0.15, 0.2) is 0 Å². The number of nitrogens with zero attached hydrogens (tertiary/aromatic N) is 3. The first-order chi connectivity index (χ1) is 28.2. The van der Waals surface area contributed by atoms with Crippen molar-refractivity contribution in [2.24, 2.45) is 0 Å². The Balaban J connectivity index is 0.973. The predicted molar refractivity (Wildman–Crippen MR) is 237 cm³/mol. The highest BCUT2D eigenvalue weighted by Gasteiger charge is 2.19. The number of pyridine rings is 1. The maximum Gasteiger partial charge on any atom is 0.137 e. The van der Waals surface area contributed by atoms with Crippen LogP contribution in [-0.2, 0) is 0 Å². The third kappa shape index (κ3) is 5.96. The number of anilines is 3. The van der Waals surface area contributed by atoms with Crippen LogP contribution in [0.2, 0.25) is 0 Å². The standard InChI is InChI=1S/C53H41N3O/c1-2-9-36(10-3-1)37-16-18-38(19-17-37)39-20-25-42(26-21-39)55(44-29-31-49-48-13-5-7-15-52(48)57-53(49)34-44)43-27-22-40(23-28-43)41-24-30-47-46-12-4-6-14-50(46)56(51(47)33-41)45-11-8-32-54-35-45/h4-8,11-36H,1-3,9-10H2. The van der Waals surface area contributed by atoms with Gasteiger partial charge in [-0.15, -0.1) is 0 Å². The summed E-state index contributed by atoms with van der Waals surface area (Å²) in [6.45, 7) is 0. The Kier molecular flexibility index (Phi) is 8.20. The summed E-state index contributed by atoms with van der Waals surface area (Å²) in [5.41, 5.74) is 14.6. The number of hydrogen-bond acceptors (Lipinski definition) is 3. The Bertz CT molecular complexity index is 3020. The van der Waals surface area contributed by atoms with Gasteiger partial charge in [-0.05, 0) is 113 Å². The molecule has 1 saturated carbocycles. The summed E-state index contributed by atoms with van der Waals surface area (Å²) in [5, 5.41) is 4.72. The van der Waals surface area contributed by atoms with Crippen molar-refractivity contribution in [1.29, 1.82) is 0 Å². The number of para-hydroxylation sites is 2. The van der Waals surface area contributed by atoms with Gasteiger partial charge in [0.25, 0.3) is 0 Å². The highest BCUT2D eigenvalue weighted by Crippen LogP contribution is 2.41. The van der Waals surface area contributed by atoms with Gasteiger partial charge in [-0.25, -0.2) is 0 Å². The molecule has 0 radical (unpaired) electrons. The molecule has 0 N–H and O–H groups in total. The predicted octanol–water partition coefficient (Wildman–Crippen LogP) is 14.9. The largest absolute Gasteiger partial charge is 0.456 e. The molecule has 274 valence electrons. The van der Waals surface area contributed by atoms with E-state index in [0.29, 0.717) is 5.92 Å². The highest BCUT2D eigenvalue weighted by molar-refractivity contribution is 6.10. The van der Waals surface area contributed by atoms with Gasteiger partial charge < -0.3 is 13.9 Å². The van der Waals surface area contributed by atoms with Crippen LogP contribution in [-0.4, -0.2) is 9.55 Å². The summed E-state index contributed by atoms with van der Waals surface area (Å²) in [7, 11) is 0. The average molecular weight is 736 g/mol. The Morgan fingerprint density at radius 1 is 0.474 bits per heavy atom. The first kappa shape index (κ1) is 33.4. The molecule has 10 aromatic rings. The second-order valence-electron chi connectivity index (χ2n) is 15.5. The summed E-state index contributed by atoms with van der Waals surface area (Å²) in [4.78, 5) is 6.78. The van der Waals surface area contributed by atoms with Crippen LogP contribution in [0.1, 0.15) is 43.6 Å². The minimum atomic E-state index is 0.709. The van der Waals surface area contributed by atoms with Crippen LogP contribution < -0.4 is 4.90 Å². The van der Waals surface area contributed by atoms with E-state index in [0.717, 1.165) is 61.3 Å². The quantitative estimate of drug-likeness (QED) is 0.163. The fourth-order valence-electron chi connectivity index (χ4n) is 9.20. The van der Waals surface area contributed by atoms with E-state index in [1.807, 2.05) is 30.6 Å². The molecule has 0 spiro atoms. The van der Waals surface area contributed by atoms with Crippen LogP contribution in [0.3, 0.4) is 0 Å². The molecule has 0 aliphatic heterocycles. The van der Waals surface area contributed by atoms with Crippen molar-refractivity contribution in [3.05, 3.63) is 188 Å². The topological polar surface area (TPSA) is 34.2 Å². The Labute approximate surface area is 332 Å². The molecule has 0 amide bonds. The molecular weight excluding hydrogens is 695 g/mol. The van der Waals surface area contributed by atoms with Gasteiger partial charge in [-0.2, -0.15) is 0 Å². The molecule has 4 heteroatoms. The molecule has 0 bridgehead atoms. The van der Waals surface area contributed by atoms with E-state index < -0.39 is 0 Å². The first-order valence-electron chi connectivity index (χ1n) is 20.2. The molecular formula is C53H41N3O. The van der Waals surface area contributed by atoms with E-state index in [1.54, 1.807) is 0 Å². The third-order valence-electron chi connectivity index (χ3n) is 12.1. The monoisotopic (exact) mass is 735 g/mol. The molecule has 11 rings (SSSR count). The lowest BCUT2D eigenvalue weighted by Crippen LogP contribution is -2.09. The SMILES string of the molecule is c1cncc(-n2c3ccccc3c3ccc(-c4ccc(N(c5ccc(-c6ccc(C7CCCCC7)cc6)cc5)c5ccc6c(c5)oc5ccccc56)cc4)cc32)c1. The molecule has 3 aromatic heterocycles. The van der Waals surface area contributed by atoms with Gasteiger partial charge in [0, 0.05) is 50.9 Å². The minimum absolute atomic E-state index is 0.709. The number of aromatic nitrogens is 2. The number of fused-ring (bicyclic) bond motifs is 6. The van der Waals surface area contributed by atoms with Gasteiger partial charge in [-0.1, -0.05) is 116 Å². The highest BCUT2D eigenvalue weighted by atomic mass is 16.3. The molecule has 1 fully saturated rings. The van der Waals surface area contributed by atoms with Crippen LogP contribution in [0.25, 0.3) is 71.7 Å². The zero-order valence-electron chi connectivity index (χ0n) is 31.7. The van der Waals surface area contributed by atoms with Gasteiger partial charge in [-0.3, -0.25) is 4.98 Å². The molecule has 0 atom stereocenters. The van der Waals surface area contributed by atoms with Gasteiger partial charge in [0.05, 0.1) is 22.9 Å². The van der Waals surface area contributed by atoms with Crippen molar-refractivity contribution in [2.75, 3.05) is 4.90 Å². The summed E-state index contributed by atoms with van der Waals surface area (Å²) in [5.74, 6) is 0.709. The zero-order valence-corrected chi connectivity index (χ0v) is 31.7.